The number of aromatic nitrogens is 2. The van der Waals surface area contributed by atoms with E-state index in [9.17, 15) is 4.79 Å². The van der Waals surface area contributed by atoms with Gasteiger partial charge in [0, 0.05) is 5.56 Å². The standard InChI is InChI=1S/C11H10N2O3/c14-3-4-16-11-6-12-9-2-1-8(7-15)5-10(9)13-11/h1-2,5-7,14H,3-4H2. The molecule has 0 saturated heterocycles. The van der Waals surface area contributed by atoms with Crippen molar-refractivity contribution in [3.05, 3.63) is 30.0 Å². The Morgan fingerprint density at radius 3 is 3.00 bits per heavy atom. The van der Waals surface area contributed by atoms with Crippen LogP contribution in [0.4, 0.5) is 0 Å². The van der Waals surface area contributed by atoms with Crippen LogP contribution in [-0.2, 0) is 0 Å². The summed E-state index contributed by atoms with van der Waals surface area (Å²) in [5.74, 6) is 0.338. The monoisotopic (exact) mass is 218 g/mol. The fourth-order valence-electron chi connectivity index (χ4n) is 1.30. The molecule has 0 aliphatic rings. The average molecular weight is 218 g/mol. The van der Waals surface area contributed by atoms with Crippen LogP contribution in [0.25, 0.3) is 11.0 Å². The highest BCUT2D eigenvalue weighted by Crippen LogP contribution is 2.14. The first-order chi connectivity index (χ1) is 7.83. The van der Waals surface area contributed by atoms with Gasteiger partial charge in [-0.1, -0.05) is 0 Å². The van der Waals surface area contributed by atoms with Gasteiger partial charge in [0.15, 0.2) is 0 Å². The summed E-state index contributed by atoms with van der Waals surface area (Å²) in [6.45, 7) is 0.0989. The Morgan fingerprint density at radius 2 is 2.25 bits per heavy atom. The van der Waals surface area contributed by atoms with Crippen LogP contribution in [0.2, 0.25) is 0 Å². The molecule has 0 aliphatic heterocycles. The highest BCUT2D eigenvalue weighted by molar-refractivity contribution is 5.84. The molecule has 16 heavy (non-hydrogen) atoms. The van der Waals surface area contributed by atoms with E-state index in [1.807, 2.05) is 0 Å². The third kappa shape index (κ3) is 2.14. The fraction of sp³-hybridized carbons (Fsp3) is 0.182. The van der Waals surface area contributed by atoms with Gasteiger partial charge >= 0.3 is 0 Å². The lowest BCUT2D eigenvalue weighted by Crippen LogP contribution is -2.03. The van der Waals surface area contributed by atoms with Crippen molar-refractivity contribution in [2.45, 2.75) is 0 Å². The summed E-state index contributed by atoms with van der Waals surface area (Å²) in [4.78, 5) is 18.9. The van der Waals surface area contributed by atoms with Crippen molar-refractivity contribution in [1.82, 2.24) is 9.97 Å². The molecule has 2 rings (SSSR count). The lowest BCUT2D eigenvalue weighted by molar-refractivity contribution is 0.112. The van der Waals surface area contributed by atoms with Crippen LogP contribution in [0.3, 0.4) is 0 Å². The van der Waals surface area contributed by atoms with Gasteiger partial charge in [0.1, 0.15) is 12.9 Å². The van der Waals surface area contributed by atoms with Gasteiger partial charge in [-0.2, -0.15) is 0 Å². The number of hydrogen-bond donors (Lipinski definition) is 1. The maximum atomic E-state index is 10.6. The number of ether oxygens (including phenoxy) is 1. The molecule has 0 amide bonds. The summed E-state index contributed by atoms with van der Waals surface area (Å²) in [6, 6.07) is 5.04. The molecule has 2 aromatic rings. The van der Waals surface area contributed by atoms with Gasteiger partial charge in [-0.25, -0.2) is 9.97 Å². The summed E-state index contributed by atoms with van der Waals surface area (Å²) in [5, 5.41) is 8.60. The molecule has 0 atom stereocenters. The maximum Gasteiger partial charge on any atom is 0.232 e. The molecular weight excluding hydrogens is 208 g/mol. The van der Waals surface area contributed by atoms with Gasteiger partial charge in [-0.15, -0.1) is 0 Å². The Labute approximate surface area is 91.7 Å². The van der Waals surface area contributed by atoms with E-state index < -0.39 is 0 Å². The van der Waals surface area contributed by atoms with Crippen molar-refractivity contribution in [2.24, 2.45) is 0 Å². The first-order valence-corrected chi connectivity index (χ1v) is 4.79. The highest BCUT2D eigenvalue weighted by Gasteiger charge is 2.01. The number of nitrogens with zero attached hydrogens (tertiary/aromatic N) is 2. The number of benzene rings is 1. The molecule has 5 heteroatoms. The summed E-state index contributed by atoms with van der Waals surface area (Å²) in [7, 11) is 0. The maximum absolute atomic E-state index is 10.6. The van der Waals surface area contributed by atoms with Crippen LogP contribution in [0, 0.1) is 0 Å². The Hall–Kier alpha value is -2.01. The number of carbonyl (C=O) groups excluding carboxylic acids is 1. The van der Waals surface area contributed by atoms with Gasteiger partial charge in [-0.05, 0) is 18.2 Å². The summed E-state index contributed by atoms with van der Waals surface area (Å²) >= 11 is 0. The highest BCUT2D eigenvalue weighted by atomic mass is 16.5. The molecule has 5 nitrogen and oxygen atoms in total. The second-order valence-electron chi connectivity index (χ2n) is 3.15. The second-order valence-corrected chi connectivity index (χ2v) is 3.15. The number of hydrogen-bond acceptors (Lipinski definition) is 5. The first kappa shape index (κ1) is 10.5. The molecule has 82 valence electrons. The predicted octanol–water partition coefficient (Wildman–Crippen LogP) is 0.813. The van der Waals surface area contributed by atoms with Gasteiger partial charge < -0.3 is 9.84 Å². The minimum atomic E-state index is -0.0753. The summed E-state index contributed by atoms with van der Waals surface area (Å²) in [5.41, 5.74) is 1.84. The minimum absolute atomic E-state index is 0.0753. The number of aliphatic hydroxyl groups is 1. The summed E-state index contributed by atoms with van der Waals surface area (Å²) < 4.78 is 5.12. The van der Waals surface area contributed by atoms with Crippen molar-refractivity contribution in [3.8, 4) is 5.88 Å². The van der Waals surface area contributed by atoms with Crippen LogP contribution < -0.4 is 4.74 Å². The summed E-state index contributed by atoms with van der Waals surface area (Å²) in [6.07, 6.45) is 2.24. The molecule has 1 aromatic carbocycles. The first-order valence-electron chi connectivity index (χ1n) is 4.79. The van der Waals surface area contributed by atoms with Crippen LogP contribution in [-0.4, -0.2) is 34.6 Å². The lowest BCUT2D eigenvalue weighted by Gasteiger charge is -2.03. The number of fused-ring (bicyclic) bond motifs is 1. The predicted molar refractivity (Wildman–Crippen MR) is 57.5 cm³/mol. The third-order valence-electron chi connectivity index (χ3n) is 2.02. The molecule has 0 radical (unpaired) electrons. The Balaban J connectivity index is 2.38. The van der Waals surface area contributed by atoms with Crippen molar-refractivity contribution < 1.29 is 14.6 Å². The van der Waals surface area contributed by atoms with E-state index in [2.05, 4.69) is 9.97 Å². The third-order valence-corrected chi connectivity index (χ3v) is 2.02. The zero-order valence-electron chi connectivity index (χ0n) is 8.46. The second kappa shape index (κ2) is 4.67. The van der Waals surface area contributed by atoms with Crippen LogP contribution in [0.1, 0.15) is 10.4 Å². The minimum Gasteiger partial charge on any atom is -0.474 e. The van der Waals surface area contributed by atoms with Gasteiger partial charge in [0.05, 0.1) is 23.8 Å². The number of rotatable bonds is 4. The van der Waals surface area contributed by atoms with Crippen LogP contribution in [0.5, 0.6) is 5.88 Å². The quantitative estimate of drug-likeness (QED) is 0.769. The van der Waals surface area contributed by atoms with Crippen molar-refractivity contribution >= 4 is 17.3 Å². The molecule has 1 N–H and O–H groups in total. The number of carbonyl (C=O) groups is 1. The molecular formula is C11H10N2O3. The SMILES string of the molecule is O=Cc1ccc2ncc(OCCO)nc2c1. The molecule has 1 aromatic heterocycles. The normalized spacial score (nSPS) is 10.3. The Morgan fingerprint density at radius 1 is 1.38 bits per heavy atom. The van der Waals surface area contributed by atoms with Gasteiger partial charge in [0.2, 0.25) is 5.88 Å². The average Bonchev–Trinajstić information content (AvgIpc) is 2.35. The van der Waals surface area contributed by atoms with E-state index in [1.54, 1.807) is 18.2 Å². The van der Waals surface area contributed by atoms with E-state index in [0.29, 0.717) is 22.5 Å². The van der Waals surface area contributed by atoms with Gasteiger partial charge in [0.25, 0.3) is 0 Å². The van der Waals surface area contributed by atoms with Crippen molar-refractivity contribution in [3.63, 3.8) is 0 Å². The van der Waals surface area contributed by atoms with Crippen molar-refractivity contribution in [2.75, 3.05) is 13.2 Å². The van der Waals surface area contributed by atoms with Crippen molar-refractivity contribution in [1.29, 1.82) is 0 Å². The number of aliphatic hydroxyl groups excluding tert-OH is 1. The smallest absolute Gasteiger partial charge is 0.232 e. The molecule has 0 saturated carbocycles. The molecule has 0 fully saturated rings. The molecule has 0 bridgehead atoms. The Bertz CT molecular complexity index is 514. The lowest BCUT2D eigenvalue weighted by atomic mass is 10.2. The Kier molecular flexibility index (Phi) is 3.07. The topological polar surface area (TPSA) is 72.3 Å². The molecule has 1 heterocycles. The van der Waals surface area contributed by atoms with Crippen LogP contribution >= 0.6 is 0 Å². The zero-order chi connectivity index (χ0) is 11.4. The number of aldehydes is 1. The van der Waals surface area contributed by atoms with E-state index in [0.717, 1.165) is 6.29 Å². The van der Waals surface area contributed by atoms with Gasteiger partial charge in [-0.3, -0.25) is 4.79 Å². The van der Waals surface area contributed by atoms with E-state index in [4.69, 9.17) is 9.84 Å². The largest absolute Gasteiger partial charge is 0.474 e. The molecule has 0 unspecified atom stereocenters. The van der Waals surface area contributed by atoms with E-state index in [1.165, 1.54) is 6.20 Å². The van der Waals surface area contributed by atoms with E-state index >= 15 is 0 Å². The van der Waals surface area contributed by atoms with Crippen LogP contribution in [0.15, 0.2) is 24.4 Å². The molecule has 0 spiro atoms. The molecule has 0 aliphatic carbocycles. The zero-order valence-corrected chi connectivity index (χ0v) is 8.46. The van der Waals surface area contributed by atoms with E-state index in [-0.39, 0.29) is 13.2 Å². The fourth-order valence-corrected chi connectivity index (χ4v) is 1.30.